The Hall–Kier alpha value is -1.25. The van der Waals surface area contributed by atoms with Crippen LogP contribution >= 0.6 is 27.7 Å². The third-order valence-electron chi connectivity index (χ3n) is 3.30. The first-order valence-electron chi connectivity index (χ1n) is 6.60. The maximum absolute atomic E-state index is 3.47. The molecule has 0 N–H and O–H groups in total. The van der Waals surface area contributed by atoms with Gasteiger partial charge in [-0.1, -0.05) is 70.5 Å². The maximum atomic E-state index is 3.47. The second kappa shape index (κ2) is 6.47. The molecule has 20 heavy (non-hydrogen) atoms. The van der Waals surface area contributed by atoms with Crippen LogP contribution in [0, 0.1) is 0 Å². The molecule has 3 rings (SSSR count). The SMILES string of the molecule is BrCc1ccc(SCc2ccc3ccccc3c2)cc1. The van der Waals surface area contributed by atoms with Gasteiger partial charge in [0.2, 0.25) is 0 Å². The lowest BCUT2D eigenvalue weighted by Crippen LogP contribution is -1.82. The summed E-state index contributed by atoms with van der Waals surface area (Å²) in [6, 6.07) is 24.0. The largest absolute Gasteiger partial charge is 0.121 e. The zero-order chi connectivity index (χ0) is 13.8. The highest BCUT2D eigenvalue weighted by molar-refractivity contribution is 9.08. The highest BCUT2D eigenvalue weighted by atomic mass is 79.9. The smallest absolute Gasteiger partial charge is 0.0283 e. The average Bonchev–Trinajstić information content (AvgIpc) is 2.53. The Kier molecular flexibility index (Phi) is 4.44. The van der Waals surface area contributed by atoms with Gasteiger partial charge >= 0.3 is 0 Å². The summed E-state index contributed by atoms with van der Waals surface area (Å²) in [7, 11) is 0. The lowest BCUT2D eigenvalue weighted by molar-refractivity contribution is 1.34. The first-order valence-corrected chi connectivity index (χ1v) is 8.71. The van der Waals surface area contributed by atoms with E-state index in [4.69, 9.17) is 0 Å². The summed E-state index contributed by atoms with van der Waals surface area (Å²) in [6.07, 6.45) is 0. The minimum Gasteiger partial charge on any atom is -0.121 e. The lowest BCUT2D eigenvalue weighted by atomic mass is 10.1. The van der Waals surface area contributed by atoms with E-state index in [1.54, 1.807) is 0 Å². The van der Waals surface area contributed by atoms with Crippen LogP contribution in [0.2, 0.25) is 0 Å². The van der Waals surface area contributed by atoms with Gasteiger partial charge in [-0.2, -0.15) is 0 Å². The van der Waals surface area contributed by atoms with Crippen LogP contribution in [0.4, 0.5) is 0 Å². The number of rotatable bonds is 4. The van der Waals surface area contributed by atoms with Crippen LogP contribution in [0.1, 0.15) is 11.1 Å². The van der Waals surface area contributed by atoms with Gasteiger partial charge in [-0.3, -0.25) is 0 Å². The maximum Gasteiger partial charge on any atom is 0.0283 e. The summed E-state index contributed by atoms with van der Waals surface area (Å²) in [6.45, 7) is 0. The minimum absolute atomic E-state index is 0.919. The number of halogens is 1. The molecule has 0 saturated heterocycles. The van der Waals surface area contributed by atoms with Gasteiger partial charge in [-0.25, -0.2) is 0 Å². The van der Waals surface area contributed by atoms with Crippen molar-refractivity contribution in [2.24, 2.45) is 0 Å². The van der Waals surface area contributed by atoms with Gasteiger partial charge in [0.25, 0.3) is 0 Å². The Morgan fingerprint density at radius 2 is 1.45 bits per heavy atom. The quantitative estimate of drug-likeness (QED) is 0.412. The lowest BCUT2D eigenvalue weighted by Gasteiger charge is -2.05. The van der Waals surface area contributed by atoms with Crippen molar-refractivity contribution in [3.05, 3.63) is 77.9 Å². The average molecular weight is 343 g/mol. The molecule has 0 bridgehead atoms. The molecule has 3 aromatic rings. The van der Waals surface area contributed by atoms with Gasteiger partial charge in [-0.15, -0.1) is 11.8 Å². The zero-order valence-corrected chi connectivity index (χ0v) is 13.5. The normalized spacial score (nSPS) is 10.8. The Morgan fingerprint density at radius 1 is 0.750 bits per heavy atom. The van der Waals surface area contributed by atoms with E-state index in [1.165, 1.54) is 26.8 Å². The summed E-state index contributed by atoms with van der Waals surface area (Å²) in [5, 5.41) is 3.55. The fourth-order valence-electron chi connectivity index (χ4n) is 2.17. The van der Waals surface area contributed by atoms with Crippen molar-refractivity contribution in [1.82, 2.24) is 0 Å². The Labute approximate surface area is 132 Å². The Morgan fingerprint density at radius 3 is 2.20 bits per heavy atom. The second-order valence-corrected chi connectivity index (χ2v) is 6.36. The predicted molar refractivity (Wildman–Crippen MR) is 92.6 cm³/mol. The fraction of sp³-hybridized carbons (Fsp3) is 0.111. The van der Waals surface area contributed by atoms with Crippen molar-refractivity contribution >= 4 is 38.5 Å². The summed E-state index contributed by atoms with van der Waals surface area (Å²) >= 11 is 5.36. The standard InChI is InChI=1S/C18H15BrS/c19-12-14-6-9-18(10-7-14)20-13-15-5-8-16-3-1-2-4-17(16)11-15/h1-11H,12-13H2. The van der Waals surface area contributed by atoms with Gasteiger partial charge < -0.3 is 0 Å². The highest BCUT2D eigenvalue weighted by Gasteiger charge is 1.99. The minimum atomic E-state index is 0.919. The van der Waals surface area contributed by atoms with Crippen molar-refractivity contribution in [1.29, 1.82) is 0 Å². The molecule has 0 aliphatic rings. The summed E-state index contributed by atoms with van der Waals surface area (Å²) in [4.78, 5) is 1.32. The van der Waals surface area contributed by atoms with Crippen LogP contribution in [-0.4, -0.2) is 0 Å². The molecular formula is C18H15BrS. The van der Waals surface area contributed by atoms with Crippen LogP contribution in [-0.2, 0) is 11.1 Å². The molecule has 0 atom stereocenters. The van der Waals surface area contributed by atoms with E-state index in [0.29, 0.717) is 0 Å². The summed E-state index contributed by atoms with van der Waals surface area (Å²) < 4.78 is 0. The van der Waals surface area contributed by atoms with Crippen molar-refractivity contribution < 1.29 is 0 Å². The molecule has 100 valence electrons. The first-order chi connectivity index (χ1) is 9.85. The number of thioether (sulfide) groups is 1. The third kappa shape index (κ3) is 3.25. The molecule has 0 aliphatic heterocycles. The molecule has 0 heterocycles. The molecule has 0 spiro atoms. The van der Waals surface area contributed by atoms with Crippen LogP contribution in [0.15, 0.2) is 71.6 Å². The van der Waals surface area contributed by atoms with Gasteiger partial charge in [0.15, 0.2) is 0 Å². The van der Waals surface area contributed by atoms with Crippen molar-refractivity contribution in [3.63, 3.8) is 0 Å². The van der Waals surface area contributed by atoms with Crippen LogP contribution in [0.3, 0.4) is 0 Å². The second-order valence-electron chi connectivity index (χ2n) is 4.75. The van der Waals surface area contributed by atoms with E-state index in [1.807, 2.05) is 11.8 Å². The number of benzene rings is 3. The molecule has 0 radical (unpaired) electrons. The van der Waals surface area contributed by atoms with Crippen molar-refractivity contribution in [3.8, 4) is 0 Å². The van der Waals surface area contributed by atoms with Gasteiger partial charge in [0, 0.05) is 16.0 Å². The first kappa shape index (κ1) is 13.7. The van der Waals surface area contributed by atoms with Crippen LogP contribution < -0.4 is 0 Å². The Balaban J connectivity index is 1.72. The molecule has 0 aliphatic carbocycles. The molecule has 0 saturated carbocycles. The molecule has 3 aromatic carbocycles. The van der Waals surface area contributed by atoms with E-state index < -0.39 is 0 Å². The molecule has 2 heteroatoms. The van der Waals surface area contributed by atoms with Crippen molar-refractivity contribution in [2.45, 2.75) is 16.0 Å². The number of alkyl halides is 1. The molecule has 0 nitrogen and oxygen atoms in total. The van der Waals surface area contributed by atoms with Gasteiger partial charge in [-0.05, 0) is 34.0 Å². The zero-order valence-electron chi connectivity index (χ0n) is 11.1. The predicted octanol–water partition coefficient (Wildman–Crippen LogP) is 6.03. The van der Waals surface area contributed by atoms with Crippen LogP contribution in [0.5, 0.6) is 0 Å². The molecule has 0 fully saturated rings. The summed E-state index contributed by atoms with van der Waals surface area (Å²) in [5.41, 5.74) is 2.69. The molecule has 0 amide bonds. The van der Waals surface area contributed by atoms with E-state index in [2.05, 4.69) is 82.7 Å². The van der Waals surface area contributed by atoms with E-state index >= 15 is 0 Å². The van der Waals surface area contributed by atoms with E-state index in [-0.39, 0.29) is 0 Å². The van der Waals surface area contributed by atoms with E-state index in [9.17, 15) is 0 Å². The molecular weight excluding hydrogens is 328 g/mol. The number of hydrogen-bond acceptors (Lipinski definition) is 1. The number of fused-ring (bicyclic) bond motifs is 1. The molecule has 0 aromatic heterocycles. The van der Waals surface area contributed by atoms with Crippen molar-refractivity contribution in [2.75, 3.05) is 0 Å². The molecule has 0 unspecified atom stereocenters. The van der Waals surface area contributed by atoms with Gasteiger partial charge in [0.1, 0.15) is 0 Å². The topological polar surface area (TPSA) is 0 Å². The fourth-order valence-corrected chi connectivity index (χ4v) is 3.39. The third-order valence-corrected chi connectivity index (χ3v) is 5.03. The van der Waals surface area contributed by atoms with E-state index in [0.717, 1.165) is 11.1 Å². The monoisotopic (exact) mass is 342 g/mol. The highest BCUT2D eigenvalue weighted by Crippen LogP contribution is 2.25. The van der Waals surface area contributed by atoms with Gasteiger partial charge in [0.05, 0.1) is 0 Å². The van der Waals surface area contributed by atoms with Crippen LogP contribution in [0.25, 0.3) is 10.8 Å². The Bertz CT molecular complexity index is 704. The summed E-state index contributed by atoms with van der Waals surface area (Å²) in [5.74, 6) is 1.01. The number of hydrogen-bond donors (Lipinski definition) is 0.